The fourth-order valence-corrected chi connectivity index (χ4v) is 4.26. The molecular formula is C21H30N6O5. The van der Waals surface area contributed by atoms with Gasteiger partial charge in [-0.2, -0.15) is 0 Å². The van der Waals surface area contributed by atoms with Crippen molar-refractivity contribution in [3.05, 3.63) is 24.0 Å². The fraction of sp³-hybridized carbons (Fsp3) is 0.571. The molecule has 32 heavy (non-hydrogen) atoms. The van der Waals surface area contributed by atoms with Gasteiger partial charge in [0.25, 0.3) is 0 Å². The van der Waals surface area contributed by atoms with Crippen LogP contribution >= 0.6 is 0 Å². The van der Waals surface area contributed by atoms with Gasteiger partial charge in [0.05, 0.1) is 0 Å². The summed E-state index contributed by atoms with van der Waals surface area (Å²) in [7, 11) is 0. The molecule has 3 atom stereocenters. The second-order valence-electron chi connectivity index (χ2n) is 8.30. The van der Waals surface area contributed by atoms with Gasteiger partial charge in [-0.15, -0.1) is 0 Å². The second kappa shape index (κ2) is 10.3. The van der Waals surface area contributed by atoms with Crippen LogP contribution in [0, 0.1) is 0 Å². The van der Waals surface area contributed by atoms with Crippen molar-refractivity contribution in [3.8, 4) is 0 Å². The first-order chi connectivity index (χ1) is 15.3. The summed E-state index contributed by atoms with van der Waals surface area (Å²) in [6.07, 6.45) is 8.45. The Morgan fingerprint density at radius 1 is 1.22 bits per heavy atom. The highest BCUT2D eigenvalue weighted by molar-refractivity contribution is 5.95. The molecule has 2 fully saturated rings. The average Bonchev–Trinajstić information content (AvgIpc) is 3.42. The van der Waals surface area contributed by atoms with Crippen molar-refractivity contribution in [1.82, 2.24) is 20.4 Å². The van der Waals surface area contributed by atoms with E-state index in [9.17, 15) is 24.0 Å². The lowest BCUT2D eigenvalue weighted by Gasteiger charge is -2.29. The summed E-state index contributed by atoms with van der Waals surface area (Å²) in [5, 5.41) is 5.36. The Labute approximate surface area is 186 Å². The monoisotopic (exact) mass is 446 g/mol. The predicted octanol–water partition coefficient (Wildman–Crippen LogP) is -1.41. The molecule has 11 nitrogen and oxygen atoms in total. The number of carbonyl (C=O) groups is 5. The minimum atomic E-state index is -0.853. The Morgan fingerprint density at radius 3 is 2.66 bits per heavy atom. The average molecular weight is 447 g/mol. The van der Waals surface area contributed by atoms with Gasteiger partial charge in [-0.1, -0.05) is 6.08 Å². The molecule has 3 heterocycles. The number of carbonyl (C=O) groups excluding carboxylic acids is 5. The van der Waals surface area contributed by atoms with E-state index in [0.29, 0.717) is 57.2 Å². The molecule has 0 aromatic heterocycles. The maximum Gasteiger partial charge on any atom is 0.246 e. The van der Waals surface area contributed by atoms with Gasteiger partial charge in [-0.05, 0) is 44.7 Å². The third-order valence-corrected chi connectivity index (χ3v) is 5.97. The summed E-state index contributed by atoms with van der Waals surface area (Å²) in [6.45, 7) is 0.908. The van der Waals surface area contributed by atoms with E-state index in [1.807, 2.05) is 17.2 Å². The quantitative estimate of drug-likeness (QED) is 0.339. The number of hydrogen-bond acceptors (Lipinski definition) is 6. The standard InChI is InChI=1S/C21H30N6O5/c22-18(29)13-4-1-9-26(12-13)10-2-5-15(25-20(31)14-7-8-17(28)24-14)21(32)27-11-3-6-16(27)19(23)30/h1,9,12,14-16H,2-8,10-11H2,(H2,22,29)(H2,23,30)(H,24,28)(H,25,31)/t14-,15?,16-/m0/s1. The lowest BCUT2D eigenvalue weighted by Crippen LogP contribution is -2.55. The van der Waals surface area contributed by atoms with Crippen molar-refractivity contribution in [1.29, 1.82) is 0 Å². The molecule has 0 aliphatic carbocycles. The minimum Gasteiger partial charge on any atom is -0.368 e. The van der Waals surface area contributed by atoms with Crippen molar-refractivity contribution in [3.63, 3.8) is 0 Å². The van der Waals surface area contributed by atoms with Crippen molar-refractivity contribution >= 4 is 29.5 Å². The van der Waals surface area contributed by atoms with Crippen LogP contribution in [0.5, 0.6) is 0 Å². The van der Waals surface area contributed by atoms with Crippen LogP contribution in [0.2, 0.25) is 0 Å². The smallest absolute Gasteiger partial charge is 0.246 e. The van der Waals surface area contributed by atoms with Crippen LogP contribution in [0.25, 0.3) is 0 Å². The fourth-order valence-electron chi connectivity index (χ4n) is 4.26. The van der Waals surface area contributed by atoms with Crippen molar-refractivity contribution in [2.24, 2.45) is 11.5 Å². The van der Waals surface area contributed by atoms with Gasteiger partial charge in [-0.3, -0.25) is 24.0 Å². The van der Waals surface area contributed by atoms with Crippen LogP contribution in [0.15, 0.2) is 24.0 Å². The van der Waals surface area contributed by atoms with Gasteiger partial charge in [-0.25, -0.2) is 0 Å². The predicted molar refractivity (Wildman–Crippen MR) is 114 cm³/mol. The van der Waals surface area contributed by atoms with Gasteiger partial charge in [0.15, 0.2) is 0 Å². The zero-order chi connectivity index (χ0) is 23.3. The zero-order valence-electron chi connectivity index (χ0n) is 17.9. The maximum atomic E-state index is 13.2. The highest BCUT2D eigenvalue weighted by Crippen LogP contribution is 2.20. The summed E-state index contributed by atoms with van der Waals surface area (Å²) >= 11 is 0. The molecule has 3 rings (SSSR count). The molecule has 5 amide bonds. The van der Waals surface area contributed by atoms with Gasteiger partial charge in [0, 0.05) is 31.3 Å². The van der Waals surface area contributed by atoms with E-state index >= 15 is 0 Å². The third kappa shape index (κ3) is 5.65. The molecule has 3 aliphatic rings. The number of likely N-dealkylation sites (tertiary alicyclic amines) is 1. The van der Waals surface area contributed by atoms with Crippen molar-refractivity contribution < 1.29 is 24.0 Å². The SMILES string of the molecule is NC(=O)C1=CN(CCCC(NC(=O)[C@@H]2CCC(=O)N2)C(=O)N2CCC[C@H]2C(N)=O)C=CC1. The number of nitrogens with one attached hydrogen (secondary N) is 2. The topological polar surface area (TPSA) is 168 Å². The number of hydrogen-bond donors (Lipinski definition) is 4. The first kappa shape index (κ1) is 23.3. The molecule has 0 bridgehead atoms. The van der Waals surface area contributed by atoms with Crippen LogP contribution < -0.4 is 22.1 Å². The van der Waals surface area contributed by atoms with Crippen LogP contribution in [-0.2, 0) is 24.0 Å². The van der Waals surface area contributed by atoms with E-state index in [1.165, 1.54) is 4.90 Å². The Bertz CT molecular complexity index is 854. The number of nitrogens with zero attached hydrogens (tertiary/aromatic N) is 2. The van der Waals surface area contributed by atoms with E-state index in [4.69, 9.17) is 11.5 Å². The number of allylic oxidation sites excluding steroid dienone is 1. The Kier molecular flexibility index (Phi) is 7.49. The van der Waals surface area contributed by atoms with Gasteiger partial charge in [0.1, 0.15) is 18.1 Å². The Morgan fingerprint density at radius 2 is 2.00 bits per heavy atom. The summed E-state index contributed by atoms with van der Waals surface area (Å²) in [6, 6.07) is -2.21. The molecule has 174 valence electrons. The maximum absolute atomic E-state index is 13.2. The molecule has 11 heteroatoms. The number of primary amides is 2. The van der Waals surface area contributed by atoms with Gasteiger partial charge in [0.2, 0.25) is 29.5 Å². The molecule has 0 aromatic carbocycles. The second-order valence-corrected chi connectivity index (χ2v) is 8.30. The molecule has 0 spiro atoms. The highest BCUT2D eigenvalue weighted by atomic mass is 16.2. The highest BCUT2D eigenvalue weighted by Gasteiger charge is 2.37. The Hall–Kier alpha value is -3.37. The van der Waals surface area contributed by atoms with Crippen molar-refractivity contribution in [2.45, 2.75) is 63.1 Å². The van der Waals surface area contributed by atoms with Crippen LogP contribution in [-0.4, -0.2) is 70.6 Å². The van der Waals surface area contributed by atoms with E-state index in [1.54, 1.807) is 6.20 Å². The largest absolute Gasteiger partial charge is 0.368 e. The van der Waals surface area contributed by atoms with Gasteiger partial charge < -0.3 is 31.9 Å². The number of amides is 5. The number of nitrogens with two attached hydrogens (primary N) is 2. The zero-order valence-corrected chi connectivity index (χ0v) is 17.9. The van der Waals surface area contributed by atoms with E-state index in [0.717, 1.165) is 0 Å². The Balaban J connectivity index is 1.65. The number of rotatable bonds is 9. The van der Waals surface area contributed by atoms with E-state index in [2.05, 4.69) is 10.6 Å². The molecule has 3 aliphatic heterocycles. The third-order valence-electron chi connectivity index (χ3n) is 5.97. The summed E-state index contributed by atoms with van der Waals surface area (Å²) in [5.74, 6) is -2.02. The van der Waals surface area contributed by atoms with Crippen LogP contribution in [0.4, 0.5) is 0 Å². The first-order valence-electron chi connectivity index (χ1n) is 10.9. The molecule has 0 saturated carbocycles. The molecule has 1 unspecified atom stereocenters. The lowest BCUT2D eigenvalue weighted by molar-refractivity contribution is -0.141. The van der Waals surface area contributed by atoms with Crippen molar-refractivity contribution in [2.75, 3.05) is 13.1 Å². The summed E-state index contributed by atoms with van der Waals surface area (Å²) in [5.41, 5.74) is 11.3. The lowest BCUT2D eigenvalue weighted by atomic mass is 10.1. The van der Waals surface area contributed by atoms with Crippen LogP contribution in [0.1, 0.15) is 44.9 Å². The van der Waals surface area contributed by atoms with E-state index in [-0.39, 0.29) is 18.2 Å². The molecular weight excluding hydrogens is 416 g/mol. The summed E-state index contributed by atoms with van der Waals surface area (Å²) in [4.78, 5) is 63.7. The molecule has 2 saturated heterocycles. The first-order valence-corrected chi connectivity index (χ1v) is 10.9. The van der Waals surface area contributed by atoms with E-state index < -0.39 is 35.8 Å². The molecule has 6 N–H and O–H groups in total. The molecule has 0 radical (unpaired) electrons. The van der Waals surface area contributed by atoms with Crippen LogP contribution in [0.3, 0.4) is 0 Å². The minimum absolute atomic E-state index is 0.199. The van der Waals surface area contributed by atoms with Gasteiger partial charge >= 0.3 is 0 Å². The molecule has 0 aromatic rings. The normalized spacial score (nSPS) is 23.5. The summed E-state index contributed by atoms with van der Waals surface area (Å²) < 4.78 is 0.